The van der Waals surface area contributed by atoms with Crippen molar-refractivity contribution >= 4 is 5.91 Å². The van der Waals surface area contributed by atoms with Crippen molar-refractivity contribution in [1.82, 2.24) is 5.32 Å². The lowest BCUT2D eigenvalue weighted by atomic mass is 9.85. The molecule has 0 aromatic heterocycles. The van der Waals surface area contributed by atoms with Crippen molar-refractivity contribution in [2.24, 2.45) is 11.7 Å². The van der Waals surface area contributed by atoms with Gasteiger partial charge in [-0.1, -0.05) is 6.42 Å². The summed E-state index contributed by atoms with van der Waals surface area (Å²) < 4.78 is 16.0. The lowest BCUT2D eigenvalue weighted by Crippen LogP contribution is -2.37. The highest BCUT2D eigenvalue weighted by molar-refractivity contribution is 5.79. The second-order valence-corrected chi connectivity index (χ2v) is 5.83. The Balaban J connectivity index is 2.06. The topological polar surface area (TPSA) is 82.8 Å². The molecule has 0 heterocycles. The Morgan fingerprint density at radius 1 is 1.17 bits per heavy atom. The molecule has 0 bridgehead atoms. The van der Waals surface area contributed by atoms with Gasteiger partial charge in [0.15, 0.2) is 11.5 Å². The van der Waals surface area contributed by atoms with Crippen LogP contribution in [0.25, 0.3) is 0 Å². The maximum Gasteiger partial charge on any atom is 0.223 e. The van der Waals surface area contributed by atoms with Gasteiger partial charge in [0.1, 0.15) is 0 Å². The third-order valence-electron chi connectivity index (χ3n) is 4.32. The van der Waals surface area contributed by atoms with Crippen LogP contribution in [0.15, 0.2) is 12.1 Å². The SMILES string of the molecule is COc1ccc(CNC(=O)C2CCCC(N)C2)c(OC)c1OC. The molecule has 2 unspecified atom stereocenters. The summed E-state index contributed by atoms with van der Waals surface area (Å²) in [6.07, 6.45) is 3.68. The maximum atomic E-state index is 12.3. The second kappa shape index (κ2) is 8.06. The molecule has 1 saturated carbocycles. The fraction of sp³-hybridized carbons (Fsp3) is 0.588. The lowest BCUT2D eigenvalue weighted by molar-refractivity contribution is -0.126. The first-order valence-corrected chi connectivity index (χ1v) is 7.91. The van der Waals surface area contributed by atoms with E-state index >= 15 is 0 Å². The van der Waals surface area contributed by atoms with Gasteiger partial charge >= 0.3 is 0 Å². The summed E-state index contributed by atoms with van der Waals surface area (Å²) in [6.45, 7) is 0.383. The van der Waals surface area contributed by atoms with Gasteiger partial charge in [-0.25, -0.2) is 0 Å². The summed E-state index contributed by atoms with van der Waals surface area (Å²) in [5, 5.41) is 2.98. The zero-order valence-electron chi connectivity index (χ0n) is 14.1. The Hall–Kier alpha value is -1.95. The monoisotopic (exact) mass is 322 g/mol. The van der Waals surface area contributed by atoms with Gasteiger partial charge in [-0.05, 0) is 31.4 Å². The molecule has 1 aliphatic carbocycles. The number of amides is 1. The predicted molar refractivity (Wildman–Crippen MR) is 87.9 cm³/mol. The molecule has 0 spiro atoms. The van der Waals surface area contributed by atoms with Gasteiger partial charge in [-0.15, -0.1) is 0 Å². The van der Waals surface area contributed by atoms with Crippen molar-refractivity contribution in [2.45, 2.75) is 38.3 Å². The van der Waals surface area contributed by atoms with Gasteiger partial charge in [0.05, 0.1) is 21.3 Å². The Labute approximate surface area is 137 Å². The number of benzene rings is 1. The molecule has 3 N–H and O–H groups in total. The third-order valence-corrected chi connectivity index (χ3v) is 4.32. The molecule has 1 aromatic carbocycles. The third kappa shape index (κ3) is 4.07. The largest absolute Gasteiger partial charge is 0.493 e. The van der Waals surface area contributed by atoms with Crippen molar-refractivity contribution in [1.29, 1.82) is 0 Å². The number of nitrogens with two attached hydrogens (primary N) is 1. The molecular weight excluding hydrogens is 296 g/mol. The van der Waals surface area contributed by atoms with Gasteiger partial charge < -0.3 is 25.3 Å². The average Bonchev–Trinajstić information content (AvgIpc) is 2.58. The fourth-order valence-electron chi connectivity index (χ4n) is 3.09. The molecule has 1 aliphatic rings. The number of hydrogen-bond acceptors (Lipinski definition) is 5. The number of carbonyl (C=O) groups excluding carboxylic acids is 1. The van der Waals surface area contributed by atoms with E-state index in [0.717, 1.165) is 31.2 Å². The molecule has 128 valence electrons. The minimum atomic E-state index is 0.00453. The quantitative estimate of drug-likeness (QED) is 0.835. The van der Waals surface area contributed by atoms with Crippen LogP contribution in [0.5, 0.6) is 17.2 Å². The lowest BCUT2D eigenvalue weighted by Gasteiger charge is -2.25. The van der Waals surface area contributed by atoms with E-state index in [2.05, 4.69) is 5.32 Å². The van der Waals surface area contributed by atoms with E-state index in [1.165, 1.54) is 0 Å². The first-order valence-electron chi connectivity index (χ1n) is 7.91. The number of nitrogens with one attached hydrogen (secondary N) is 1. The summed E-state index contributed by atoms with van der Waals surface area (Å²) in [5.41, 5.74) is 6.80. The molecule has 1 aromatic rings. The molecule has 1 amide bonds. The van der Waals surface area contributed by atoms with Crippen LogP contribution >= 0.6 is 0 Å². The van der Waals surface area contributed by atoms with Crippen LogP contribution in [0.4, 0.5) is 0 Å². The zero-order valence-corrected chi connectivity index (χ0v) is 14.1. The Bertz CT molecular complexity index is 548. The first kappa shape index (κ1) is 17.4. The van der Waals surface area contributed by atoms with Crippen molar-refractivity contribution in [3.05, 3.63) is 17.7 Å². The van der Waals surface area contributed by atoms with Crippen LogP contribution in [0.3, 0.4) is 0 Å². The summed E-state index contributed by atoms with van der Waals surface area (Å²) in [4.78, 5) is 12.3. The zero-order chi connectivity index (χ0) is 16.8. The van der Waals surface area contributed by atoms with E-state index < -0.39 is 0 Å². The summed E-state index contributed by atoms with van der Waals surface area (Å²) in [6, 6.07) is 3.81. The van der Waals surface area contributed by atoms with Gasteiger partial charge in [0, 0.05) is 24.1 Å². The smallest absolute Gasteiger partial charge is 0.223 e. The number of carbonyl (C=O) groups is 1. The van der Waals surface area contributed by atoms with Gasteiger partial charge in [0.25, 0.3) is 0 Å². The van der Waals surface area contributed by atoms with Crippen molar-refractivity contribution < 1.29 is 19.0 Å². The van der Waals surface area contributed by atoms with E-state index in [1.807, 2.05) is 6.07 Å². The number of ether oxygens (including phenoxy) is 3. The molecule has 23 heavy (non-hydrogen) atoms. The average molecular weight is 322 g/mol. The molecule has 6 heteroatoms. The van der Waals surface area contributed by atoms with E-state index in [-0.39, 0.29) is 17.9 Å². The molecule has 0 radical (unpaired) electrons. The highest BCUT2D eigenvalue weighted by atomic mass is 16.5. The van der Waals surface area contributed by atoms with E-state index in [1.54, 1.807) is 27.4 Å². The number of hydrogen-bond donors (Lipinski definition) is 2. The second-order valence-electron chi connectivity index (χ2n) is 5.83. The van der Waals surface area contributed by atoms with Crippen molar-refractivity contribution in [2.75, 3.05) is 21.3 Å². The highest BCUT2D eigenvalue weighted by Crippen LogP contribution is 2.39. The number of rotatable bonds is 6. The van der Waals surface area contributed by atoms with Crippen LogP contribution in [-0.2, 0) is 11.3 Å². The van der Waals surface area contributed by atoms with Crippen LogP contribution in [0.1, 0.15) is 31.2 Å². The standard InChI is InChI=1S/C17H26N2O4/c1-21-14-8-7-12(15(22-2)16(14)23-3)10-19-17(20)11-5-4-6-13(18)9-11/h7-8,11,13H,4-6,9-10,18H2,1-3H3,(H,19,20). The molecule has 1 fully saturated rings. The summed E-state index contributed by atoms with van der Waals surface area (Å²) in [5.74, 6) is 1.76. The molecule has 6 nitrogen and oxygen atoms in total. The number of methoxy groups -OCH3 is 3. The Morgan fingerprint density at radius 2 is 1.91 bits per heavy atom. The van der Waals surface area contributed by atoms with Crippen molar-refractivity contribution in [3.8, 4) is 17.2 Å². The van der Waals surface area contributed by atoms with E-state index in [4.69, 9.17) is 19.9 Å². The van der Waals surface area contributed by atoms with Crippen LogP contribution < -0.4 is 25.3 Å². The normalized spacial score (nSPS) is 20.7. The summed E-state index contributed by atoms with van der Waals surface area (Å²) in [7, 11) is 4.71. The van der Waals surface area contributed by atoms with Crippen LogP contribution in [0, 0.1) is 5.92 Å². The molecule has 0 aliphatic heterocycles. The Kier molecular flexibility index (Phi) is 6.10. The van der Waals surface area contributed by atoms with E-state index in [0.29, 0.717) is 23.8 Å². The maximum absolute atomic E-state index is 12.3. The summed E-state index contributed by atoms with van der Waals surface area (Å²) >= 11 is 0. The molecule has 2 atom stereocenters. The highest BCUT2D eigenvalue weighted by Gasteiger charge is 2.25. The Morgan fingerprint density at radius 3 is 2.52 bits per heavy atom. The molecular formula is C17H26N2O4. The molecule has 2 rings (SSSR count). The van der Waals surface area contributed by atoms with E-state index in [9.17, 15) is 4.79 Å². The van der Waals surface area contributed by atoms with Gasteiger partial charge in [-0.3, -0.25) is 4.79 Å². The van der Waals surface area contributed by atoms with Gasteiger partial charge in [0.2, 0.25) is 11.7 Å². The first-order chi connectivity index (χ1) is 11.1. The molecule has 0 saturated heterocycles. The van der Waals surface area contributed by atoms with Gasteiger partial charge in [-0.2, -0.15) is 0 Å². The fourth-order valence-corrected chi connectivity index (χ4v) is 3.09. The predicted octanol–water partition coefficient (Wildman–Crippen LogP) is 1.85. The van der Waals surface area contributed by atoms with Crippen molar-refractivity contribution in [3.63, 3.8) is 0 Å². The minimum absolute atomic E-state index is 0.00453. The van der Waals surface area contributed by atoms with Crippen LogP contribution in [0.2, 0.25) is 0 Å². The van der Waals surface area contributed by atoms with Crippen LogP contribution in [-0.4, -0.2) is 33.3 Å². The minimum Gasteiger partial charge on any atom is -0.493 e.